The molecule has 11 nitrogen and oxygen atoms in total. The van der Waals surface area contributed by atoms with Gasteiger partial charge in [0.25, 0.3) is 5.91 Å². The number of amides is 3. The van der Waals surface area contributed by atoms with Gasteiger partial charge in [0.1, 0.15) is 17.5 Å². The number of rotatable bonds is 13. The Labute approximate surface area is 290 Å². The summed E-state index contributed by atoms with van der Waals surface area (Å²) in [4.78, 5) is 46.0. The van der Waals surface area contributed by atoms with E-state index in [4.69, 9.17) is 10.1 Å². The van der Waals surface area contributed by atoms with Crippen LogP contribution in [0.25, 0.3) is 10.8 Å². The standard InChI is InChI=1S/C37H42N6O5S/c1-25(30-15-9-12-27-11-5-6-14-31(27)30)40-35(45)32(16-10-17-33(38)42-49-47)41-34(44)28-20-18-26(19-21-28)23-43(36(46)48-37(2,3)4)24-29-13-7-8-22-39-29/h5-9,11-15,18-22,25,32,38H,10,16-17,23-24H2,1-4H3,(H,40,45)(H,41,44)/t25-,32-/m0/s1. The number of nitrogens with zero attached hydrogens (tertiary/aromatic N) is 3. The Bertz CT molecular complexity index is 1820. The SMILES string of the molecule is C[C@H](NC(=O)[C@H](CCCC(=N)N=S=O)NC(=O)c1ccc(CN(Cc2ccccn2)C(=O)OC(C)(C)C)cc1)c1cccc2ccccc12. The zero-order valence-corrected chi connectivity index (χ0v) is 29.0. The first-order chi connectivity index (χ1) is 23.4. The minimum Gasteiger partial charge on any atom is -0.444 e. The van der Waals surface area contributed by atoms with Crippen molar-refractivity contribution in [1.29, 1.82) is 5.41 Å². The molecule has 3 N–H and O–H groups in total. The number of aromatic nitrogens is 1. The molecule has 0 aliphatic heterocycles. The first kappa shape index (κ1) is 36.6. The third kappa shape index (κ3) is 11.2. The van der Waals surface area contributed by atoms with Crippen molar-refractivity contribution in [3.8, 4) is 0 Å². The van der Waals surface area contributed by atoms with Crippen LogP contribution < -0.4 is 10.6 Å². The van der Waals surface area contributed by atoms with Gasteiger partial charge in [0.15, 0.2) is 0 Å². The van der Waals surface area contributed by atoms with Crippen molar-refractivity contribution in [3.05, 3.63) is 114 Å². The summed E-state index contributed by atoms with van der Waals surface area (Å²) in [5, 5.41) is 15.8. The monoisotopic (exact) mass is 682 g/mol. The maximum Gasteiger partial charge on any atom is 0.410 e. The highest BCUT2D eigenvalue weighted by molar-refractivity contribution is 7.55. The van der Waals surface area contributed by atoms with E-state index < -0.39 is 23.6 Å². The molecule has 2 atom stereocenters. The average molecular weight is 683 g/mol. The molecule has 0 spiro atoms. The second-order valence-electron chi connectivity index (χ2n) is 12.7. The first-order valence-corrected chi connectivity index (χ1v) is 16.8. The normalized spacial score (nSPS) is 12.3. The molecule has 0 radical (unpaired) electrons. The summed E-state index contributed by atoms with van der Waals surface area (Å²) >= 11 is -0.0321. The van der Waals surface area contributed by atoms with Crippen molar-refractivity contribution < 1.29 is 23.3 Å². The van der Waals surface area contributed by atoms with Gasteiger partial charge < -0.3 is 15.4 Å². The average Bonchev–Trinajstić information content (AvgIpc) is 3.07. The van der Waals surface area contributed by atoms with Crippen LogP contribution in [-0.2, 0) is 34.1 Å². The second kappa shape index (κ2) is 17.3. The van der Waals surface area contributed by atoms with Crippen molar-refractivity contribution in [1.82, 2.24) is 20.5 Å². The number of benzene rings is 3. The molecule has 1 aromatic heterocycles. The third-order valence-electron chi connectivity index (χ3n) is 7.64. The predicted molar refractivity (Wildman–Crippen MR) is 190 cm³/mol. The van der Waals surface area contributed by atoms with Gasteiger partial charge in [-0.1, -0.05) is 60.7 Å². The number of fused-ring (bicyclic) bond motifs is 1. The van der Waals surface area contributed by atoms with Crippen LogP contribution in [0.2, 0.25) is 0 Å². The molecular weight excluding hydrogens is 641 g/mol. The molecule has 4 rings (SSSR count). The van der Waals surface area contributed by atoms with E-state index in [0.717, 1.165) is 21.9 Å². The Morgan fingerprint density at radius 3 is 2.35 bits per heavy atom. The molecule has 3 amide bonds. The topological polar surface area (TPSA) is 154 Å². The Morgan fingerprint density at radius 2 is 1.65 bits per heavy atom. The van der Waals surface area contributed by atoms with E-state index in [1.54, 1.807) is 62.2 Å². The van der Waals surface area contributed by atoms with Gasteiger partial charge in [-0.05, 0) is 86.7 Å². The minimum atomic E-state index is -0.904. The molecule has 0 bridgehead atoms. The fourth-order valence-corrected chi connectivity index (χ4v) is 5.46. The van der Waals surface area contributed by atoms with Crippen LogP contribution in [-0.4, -0.2) is 49.5 Å². The molecule has 12 heteroatoms. The van der Waals surface area contributed by atoms with Gasteiger partial charge in [-0.2, -0.15) is 4.21 Å². The number of carbonyl (C=O) groups is 3. The molecule has 0 aliphatic carbocycles. The Morgan fingerprint density at radius 1 is 0.939 bits per heavy atom. The van der Waals surface area contributed by atoms with E-state index in [1.165, 1.54) is 0 Å². The molecule has 3 aromatic carbocycles. The molecule has 0 saturated carbocycles. The Kier molecular flexibility index (Phi) is 12.9. The van der Waals surface area contributed by atoms with Crippen molar-refractivity contribution >= 4 is 46.0 Å². The lowest BCUT2D eigenvalue weighted by atomic mass is 9.99. The Hall–Kier alpha value is -5.23. The van der Waals surface area contributed by atoms with Gasteiger partial charge in [0.2, 0.25) is 17.4 Å². The molecule has 0 unspecified atom stereocenters. The lowest BCUT2D eigenvalue weighted by molar-refractivity contribution is -0.123. The van der Waals surface area contributed by atoms with Crippen molar-refractivity contribution in [2.75, 3.05) is 0 Å². The van der Waals surface area contributed by atoms with E-state index >= 15 is 0 Å². The van der Waals surface area contributed by atoms with E-state index in [-0.39, 0.29) is 55.2 Å². The maximum atomic E-state index is 13.6. The van der Waals surface area contributed by atoms with Crippen molar-refractivity contribution in [3.63, 3.8) is 0 Å². The first-order valence-electron chi connectivity index (χ1n) is 16.1. The van der Waals surface area contributed by atoms with Crippen LogP contribution in [0.3, 0.4) is 0 Å². The molecule has 0 aliphatic rings. The molecule has 4 aromatic rings. The number of pyridine rings is 1. The smallest absolute Gasteiger partial charge is 0.410 e. The van der Waals surface area contributed by atoms with Crippen molar-refractivity contribution in [2.24, 2.45) is 4.36 Å². The summed E-state index contributed by atoms with van der Waals surface area (Å²) < 4.78 is 19.8. The highest BCUT2D eigenvalue weighted by atomic mass is 32.1. The molecule has 1 heterocycles. The van der Waals surface area contributed by atoms with Crippen LogP contribution in [0.15, 0.2) is 95.5 Å². The quantitative estimate of drug-likeness (QED) is 0.105. The zero-order chi connectivity index (χ0) is 35.4. The summed E-state index contributed by atoms with van der Waals surface area (Å²) in [6.45, 7) is 7.78. The van der Waals surface area contributed by atoms with Gasteiger partial charge >= 0.3 is 6.09 Å². The van der Waals surface area contributed by atoms with Gasteiger partial charge in [-0.25, -0.2) is 4.79 Å². The number of hydrogen-bond acceptors (Lipinski definition) is 7. The Balaban J connectivity index is 1.47. The largest absolute Gasteiger partial charge is 0.444 e. The fraction of sp³-hybridized carbons (Fsp3) is 0.324. The predicted octanol–water partition coefficient (Wildman–Crippen LogP) is 6.69. The highest BCUT2D eigenvalue weighted by Gasteiger charge is 2.25. The van der Waals surface area contributed by atoms with E-state index in [9.17, 15) is 18.6 Å². The van der Waals surface area contributed by atoms with E-state index in [2.05, 4.69) is 20.0 Å². The van der Waals surface area contributed by atoms with E-state index in [0.29, 0.717) is 17.7 Å². The van der Waals surface area contributed by atoms with Gasteiger partial charge in [-0.15, -0.1) is 4.36 Å². The number of carbonyl (C=O) groups excluding carboxylic acids is 3. The van der Waals surface area contributed by atoms with Crippen LogP contribution in [0.5, 0.6) is 0 Å². The minimum absolute atomic E-state index is 0.0321. The summed E-state index contributed by atoms with van der Waals surface area (Å²) in [5.74, 6) is -0.889. The number of hydrogen-bond donors (Lipinski definition) is 3. The summed E-state index contributed by atoms with van der Waals surface area (Å²) in [6, 6.07) is 24.9. The third-order valence-corrected chi connectivity index (χ3v) is 7.94. The molecule has 49 heavy (non-hydrogen) atoms. The lowest BCUT2D eigenvalue weighted by Crippen LogP contribution is -2.47. The van der Waals surface area contributed by atoms with Gasteiger partial charge in [0.05, 0.1) is 18.3 Å². The van der Waals surface area contributed by atoms with Crippen LogP contribution in [0.4, 0.5) is 4.79 Å². The summed E-state index contributed by atoms with van der Waals surface area (Å²) in [6.07, 6.45) is 1.96. The molecular formula is C37H42N6O5S. The number of amidine groups is 1. The van der Waals surface area contributed by atoms with Crippen LogP contribution >= 0.6 is 0 Å². The molecule has 256 valence electrons. The second-order valence-corrected chi connectivity index (χ2v) is 13.0. The van der Waals surface area contributed by atoms with Crippen LogP contribution in [0.1, 0.15) is 80.2 Å². The van der Waals surface area contributed by atoms with Crippen LogP contribution in [0, 0.1) is 5.41 Å². The molecule has 0 fully saturated rings. The highest BCUT2D eigenvalue weighted by Crippen LogP contribution is 2.24. The summed E-state index contributed by atoms with van der Waals surface area (Å²) in [5.41, 5.74) is 2.08. The maximum absolute atomic E-state index is 13.6. The molecule has 0 saturated heterocycles. The van der Waals surface area contributed by atoms with Crippen molar-refractivity contribution in [2.45, 2.75) is 77.7 Å². The lowest BCUT2D eigenvalue weighted by Gasteiger charge is -2.27. The fourth-order valence-electron chi connectivity index (χ4n) is 5.28. The number of ether oxygens (including phenoxy) is 1. The zero-order valence-electron chi connectivity index (χ0n) is 28.1. The van der Waals surface area contributed by atoms with Gasteiger partial charge in [-0.3, -0.25) is 24.9 Å². The number of nitrogens with one attached hydrogen (secondary N) is 3. The van der Waals surface area contributed by atoms with E-state index in [1.807, 2.05) is 61.5 Å². The summed E-state index contributed by atoms with van der Waals surface area (Å²) in [7, 11) is 0. The van der Waals surface area contributed by atoms with Gasteiger partial charge in [0, 0.05) is 24.7 Å².